The van der Waals surface area contributed by atoms with Crippen LogP contribution in [0.25, 0.3) is 10.9 Å². The number of carboxylic acid groups (broad SMARTS) is 2. The summed E-state index contributed by atoms with van der Waals surface area (Å²) < 4.78 is 0. The maximum absolute atomic E-state index is 13.9. The van der Waals surface area contributed by atoms with Crippen LogP contribution in [0.4, 0.5) is 0 Å². The summed E-state index contributed by atoms with van der Waals surface area (Å²) in [5, 5.41) is 40.8. The molecule has 2 rings (SSSR count). The Morgan fingerprint density at radius 1 is 0.804 bits per heavy atom. The molecule has 1 heterocycles. The van der Waals surface area contributed by atoms with Crippen LogP contribution in [0.1, 0.15) is 58.4 Å². The van der Waals surface area contributed by atoms with Crippen molar-refractivity contribution in [2.24, 2.45) is 17.4 Å². The van der Waals surface area contributed by atoms with Crippen LogP contribution >= 0.6 is 0 Å². The molecular weight excluding hydrogens is 668 g/mol. The molecule has 282 valence electrons. The van der Waals surface area contributed by atoms with Crippen molar-refractivity contribution >= 4 is 52.4 Å². The van der Waals surface area contributed by atoms with Crippen LogP contribution in [-0.4, -0.2) is 111 Å². The molecule has 2 aromatic rings. The van der Waals surface area contributed by atoms with Crippen LogP contribution in [-0.2, 0) is 40.0 Å². The summed E-state index contributed by atoms with van der Waals surface area (Å²) in [4.78, 5) is 92.0. The number of amides is 5. The van der Waals surface area contributed by atoms with Crippen molar-refractivity contribution in [3.05, 3.63) is 36.0 Å². The lowest BCUT2D eigenvalue weighted by Gasteiger charge is -2.28. The fourth-order valence-electron chi connectivity index (χ4n) is 5.12. The van der Waals surface area contributed by atoms with Gasteiger partial charge in [-0.3, -0.25) is 28.8 Å². The zero-order chi connectivity index (χ0) is 38.2. The number of unbranched alkanes of at least 4 members (excludes halogenated alkanes) is 1. The van der Waals surface area contributed by atoms with Gasteiger partial charge in [0.1, 0.15) is 36.3 Å². The number of nitrogens with one attached hydrogen (secondary N) is 6. The molecule has 0 radical (unpaired) electrons. The smallest absolute Gasteiger partial charge is 0.326 e. The molecule has 0 bridgehead atoms. The van der Waals surface area contributed by atoms with E-state index in [1.54, 1.807) is 26.1 Å². The number of para-hydroxylation sites is 1. The van der Waals surface area contributed by atoms with Crippen LogP contribution in [0.2, 0.25) is 0 Å². The summed E-state index contributed by atoms with van der Waals surface area (Å²) >= 11 is 0. The Morgan fingerprint density at radius 2 is 1.43 bits per heavy atom. The second kappa shape index (κ2) is 20.6. The molecule has 0 aliphatic carbocycles. The molecule has 0 aliphatic rings. The zero-order valence-corrected chi connectivity index (χ0v) is 28.9. The van der Waals surface area contributed by atoms with Gasteiger partial charge in [0.25, 0.3) is 0 Å². The first kappa shape index (κ1) is 42.1. The van der Waals surface area contributed by atoms with Gasteiger partial charge in [0.05, 0.1) is 13.0 Å². The lowest BCUT2D eigenvalue weighted by molar-refractivity contribution is -0.147. The summed E-state index contributed by atoms with van der Waals surface area (Å²) in [7, 11) is 0. The van der Waals surface area contributed by atoms with E-state index in [1.807, 2.05) is 18.2 Å². The number of carbonyl (C=O) groups excluding carboxylic acids is 5. The Bertz CT molecular complexity index is 1530. The number of carboxylic acids is 2. The average molecular weight is 719 g/mol. The van der Waals surface area contributed by atoms with Crippen molar-refractivity contribution in [3.63, 3.8) is 0 Å². The van der Waals surface area contributed by atoms with Crippen molar-refractivity contribution in [2.75, 3.05) is 13.2 Å². The Hall–Kier alpha value is -5.07. The minimum Gasteiger partial charge on any atom is -0.481 e. The average Bonchev–Trinajstić information content (AvgIpc) is 3.50. The number of aromatic nitrogens is 1. The van der Waals surface area contributed by atoms with Gasteiger partial charge in [-0.15, -0.1) is 0 Å². The van der Waals surface area contributed by atoms with Gasteiger partial charge >= 0.3 is 11.9 Å². The molecule has 18 nitrogen and oxygen atoms in total. The van der Waals surface area contributed by atoms with Crippen molar-refractivity contribution in [2.45, 2.75) is 95.5 Å². The second-order valence-corrected chi connectivity index (χ2v) is 12.4. The number of aromatic amines is 1. The number of fused-ring (bicyclic) bond motifs is 1. The maximum atomic E-state index is 13.9. The number of benzene rings is 1. The number of hydrogen-bond donors (Lipinski definition) is 11. The van der Waals surface area contributed by atoms with Gasteiger partial charge in [-0.25, -0.2) is 4.79 Å². The van der Waals surface area contributed by atoms with Crippen molar-refractivity contribution in [1.82, 2.24) is 31.6 Å². The van der Waals surface area contributed by atoms with E-state index in [2.05, 4.69) is 31.6 Å². The van der Waals surface area contributed by atoms with Crippen LogP contribution < -0.4 is 38.1 Å². The quantitative estimate of drug-likeness (QED) is 0.0602. The summed E-state index contributed by atoms with van der Waals surface area (Å²) in [6, 6.07) is -0.754. The molecule has 1 aromatic carbocycles. The molecule has 5 amide bonds. The fourth-order valence-corrected chi connectivity index (χ4v) is 5.12. The van der Waals surface area contributed by atoms with Crippen LogP contribution in [0.5, 0.6) is 0 Å². The highest BCUT2D eigenvalue weighted by atomic mass is 16.4. The minimum absolute atomic E-state index is 0.0687. The Balaban J connectivity index is 2.38. The molecule has 13 N–H and O–H groups in total. The molecule has 0 unspecified atom stereocenters. The van der Waals surface area contributed by atoms with Crippen molar-refractivity contribution in [1.29, 1.82) is 0 Å². The molecule has 18 heteroatoms. The summed E-state index contributed by atoms with van der Waals surface area (Å²) in [6.07, 6.45) is 2.22. The SMILES string of the molecule is CC[C@H](C)[C@H](NC(=O)[C@@H](N)CO)C(=O)N[C@@H](CCCCN)C(=O)N[C@@H](Cc1c[nH]c2ccccc12)C(=O)N[C@@H](C)C(=O)N[C@@H](CC(=O)O)C(=O)O. The predicted molar refractivity (Wildman–Crippen MR) is 185 cm³/mol. The van der Waals surface area contributed by atoms with E-state index in [-0.39, 0.29) is 12.8 Å². The van der Waals surface area contributed by atoms with Crippen LogP contribution in [0.3, 0.4) is 0 Å². The molecule has 0 saturated carbocycles. The Morgan fingerprint density at radius 3 is 2.04 bits per heavy atom. The van der Waals surface area contributed by atoms with Gasteiger partial charge in [0.2, 0.25) is 29.5 Å². The van der Waals surface area contributed by atoms with Gasteiger partial charge in [0.15, 0.2) is 0 Å². The zero-order valence-electron chi connectivity index (χ0n) is 28.9. The molecule has 0 aliphatic heterocycles. The Kier molecular flexibility index (Phi) is 17.0. The van der Waals surface area contributed by atoms with E-state index < -0.39 is 96.7 Å². The lowest BCUT2D eigenvalue weighted by Crippen LogP contribution is -2.60. The third kappa shape index (κ3) is 13.0. The highest BCUT2D eigenvalue weighted by Crippen LogP contribution is 2.19. The first-order valence-electron chi connectivity index (χ1n) is 16.7. The van der Waals surface area contributed by atoms with Gasteiger partial charge < -0.3 is 58.4 Å². The van der Waals surface area contributed by atoms with Gasteiger partial charge in [-0.2, -0.15) is 0 Å². The number of H-pyrrole nitrogens is 1. The number of nitrogens with two attached hydrogens (primary N) is 2. The van der Waals surface area contributed by atoms with E-state index >= 15 is 0 Å². The lowest BCUT2D eigenvalue weighted by atomic mass is 9.97. The monoisotopic (exact) mass is 718 g/mol. The van der Waals surface area contributed by atoms with E-state index in [0.29, 0.717) is 31.4 Å². The van der Waals surface area contributed by atoms with E-state index in [0.717, 1.165) is 10.9 Å². The molecule has 7 atom stereocenters. The van der Waals surface area contributed by atoms with Gasteiger partial charge in [-0.05, 0) is 50.3 Å². The largest absolute Gasteiger partial charge is 0.481 e. The highest BCUT2D eigenvalue weighted by molar-refractivity contribution is 5.97. The fraction of sp³-hybridized carbons (Fsp3) is 0.545. The van der Waals surface area contributed by atoms with E-state index in [4.69, 9.17) is 16.6 Å². The summed E-state index contributed by atoms with van der Waals surface area (Å²) in [5.74, 6) is -7.41. The van der Waals surface area contributed by atoms with Crippen molar-refractivity contribution in [3.8, 4) is 0 Å². The van der Waals surface area contributed by atoms with Crippen molar-refractivity contribution < 1.29 is 48.9 Å². The molecule has 51 heavy (non-hydrogen) atoms. The predicted octanol–water partition coefficient (Wildman–Crippen LogP) is -1.79. The Labute approximate surface area is 294 Å². The van der Waals surface area contributed by atoms with Gasteiger partial charge in [-0.1, -0.05) is 38.5 Å². The van der Waals surface area contributed by atoms with Crippen LogP contribution in [0.15, 0.2) is 30.5 Å². The minimum atomic E-state index is -1.75. The molecule has 0 fully saturated rings. The third-order valence-corrected chi connectivity index (χ3v) is 8.38. The first-order chi connectivity index (χ1) is 24.1. The summed E-state index contributed by atoms with van der Waals surface area (Å²) in [5.41, 5.74) is 12.7. The number of aliphatic hydroxyl groups excluding tert-OH is 1. The summed E-state index contributed by atoms with van der Waals surface area (Å²) in [6.45, 7) is 4.45. The number of carbonyl (C=O) groups is 7. The normalized spacial score (nSPS) is 15.3. The highest BCUT2D eigenvalue weighted by Gasteiger charge is 2.34. The van der Waals surface area contributed by atoms with E-state index in [1.165, 1.54) is 6.92 Å². The molecular formula is C33H50N8O10. The first-order valence-corrected chi connectivity index (χ1v) is 16.7. The number of aliphatic hydroxyl groups is 1. The van der Waals surface area contributed by atoms with Gasteiger partial charge in [0, 0.05) is 23.5 Å². The standard InChI is InChI=1S/C33H50N8O10/c1-4-17(2)27(41-29(46)21(35)16-42)32(49)38-23(11-7-8-12-34)30(47)39-24(13-19-15-36-22-10-6-5-9-20(19)22)31(48)37-18(3)28(45)40-25(33(50)51)14-26(43)44/h5-6,9-10,15,17-18,21,23-25,27,36,42H,4,7-8,11-14,16,34-35H2,1-3H3,(H,37,48)(H,38,49)(H,39,47)(H,40,45)(H,41,46)(H,43,44)(H,50,51)/t17-,18-,21-,23-,24-,25-,27-/m0/s1. The third-order valence-electron chi connectivity index (χ3n) is 8.38. The topological polar surface area (TPSA) is 308 Å². The molecule has 0 spiro atoms. The maximum Gasteiger partial charge on any atom is 0.326 e. The van der Waals surface area contributed by atoms with E-state index in [9.17, 15) is 43.8 Å². The molecule has 0 saturated heterocycles. The number of rotatable bonds is 22. The second-order valence-electron chi connectivity index (χ2n) is 12.4. The van der Waals surface area contributed by atoms with Crippen LogP contribution in [0, 0.1) is 5.92 Å². The number of hydrogen-bond acceptors (Lipinski definition) is 10. The molecule has 1 aromatic heterocycles. The number of aliphatic carboxylic acids is 2.